The van der Waals surface area contributed by atoms with Crippen molar-refractivity contribution in [3.63, 3.8) is 0 Å². The summed E-state index contributed by atoms with van der Waals surface area (Å²) >= 11 is 0. The number of benzene rings is 1. The summed E-state index contributed by atoms with van der Waals surface area (Å²) in [6.07, 6.45) is 0.740. The van der Waals surface area contributed by atoms with Crippen LogP contribution < -0.4 is 15.2 Å². The smallest absolute Gasteiger partial charge is 0.221 e. The Kier molecular flexibility index (Phi) is 4.06. The molecule has 0 saturated heterocycles. The molecule has 2 N–H and O–H groups in total. The van der Waals surface area contributed by atoms with Crippen LogP contribution in [0.15, 0.2) is 24.3 Å². The van der Waals surface area contributed by atoms with Crippen LogP contribution in [-0.2, 0) is 13.5 Å². The topological polar surface area (TPSA) is 62.3 Å². The first-order chi connectivity index (χ1) is 9.17. The average molecular weight is 261 g/mol. The SMILES string of the molecule is COc1ccccc1Oc1c(CCN)c(C)nn1C. The van der Waals surface area contributed by atoms with E-state index in [4.69, 9.17) is 15.2 Å². The van der Waals surface area contributed by atoms with E-state index in [2.05, 4.69) is 5.10 Å². The van der Waals surface area contributed by atoms with E-state index >= 15 is 0 Å². The molecular weight excluding hydrogens is 242 g/mol. The Morgan fingerprint density at radius 1 is 1.26 bits per heavy atom. The molecule has 0 aliphatic heterocycles. The van der Waals surface area contributed by atoms with E-state index in [-0.39, 0.29) is 0 Å². The number of rotatable bonds is 5. The van der Waals surface area contributed by atoms with Crippen molar-refractivity contribution in [3.8, 4) is 17.4 Å². The van der Waals surface area contributed by atoms with Gasteiger partial charge < -0.3 is 15.2 Å². The molecule has 1 aromatic carbocycles. The summed E-state index contributed by atoms with van der Waals surface area (Å²) in [5.74, 6) is 2.08. The van der Waals surface area contributed by atoms with Crippen molar-refractivity contribution in [2.75, 3.05) is 13.7 Å². The summed E-state index contributed by atoms with van der Waals surface area (Å²) in [6, 6.07) is 7.54. The molecule has 19 heavy (non-hydrogen) atoms. The standard InChI is InChI=1S/C14H19N3O2/c1-10-11(8-9-15)14(17(2)16-10)19-13-7-5-4-6-12(13)18-3/h4-7H,8-9,15H2,1-3H3. The van der Waals surface area contributed by atoms with Gasteiger partial charge in [-0.15, -0.1) is 0 Å². The molecule has 5 nitrogen and oxygen atoms in total. The predicted octanol–water partition coefficient (Wildman–Crippen LogP) is 2.03. The predicted molar refractivity (Wildman–Crippen MR) is 73.8 cm³/mol. The zero-order chi connectivity index (χ0) is 13.8. The number of methoxy groups -OCH3 is 1. The van der Waals surface area contributed by atoms with Crippen molar-refractivity contribution in [1.82, 2.24) is 9.78 Å². The molecule has 2 aromatic rings. The van der Waals surface area contributed by atoms with E-state index in [1.807, 2.05) is 38.2 Å². The molecule has 0 aliphatic carbocycles. The largest absolute Gasteiger partial charge is 0.493 e. The lowest BCUT2D eigenvalue weighted by molar-refractivity contribution is 0.364. The van der Waals surface area contributed by atoms with Crippen LogP contribution in [0.25, 0.3) is 0 Å². The van der Waals surface area contributed by atoms with E-state index in [9.17, 15) is 0 Å². The van der Waals surface area contributed by atoms with Crippen LogP contribution in [0.4, 0.5) is 0 Å². The van der Waals surface area contributed by atoms with Gasteiger partial charge in [-0.1, -0.05) is 12.1 Å². The van der Waals surface area contributed by atoms with E-state index in [0.29, 0.717) is 23.9 Å². The maximum Gasteiger partial charge on any atom is 0.221 e. The number of hydrogen-bond donors (Lipinski definition) is 1. The third-order valence-electron chi connectivity index (χ3n) is 2.96. The third kappa shape index (κ3) is 2.71. The lowest BCUT2D eigenvalue weighted by Crippen LogP contribution is -2.05. The zero-order valence-corrected chi connectivity index (χ0v) is 11.5. The molecule has 0 amide bonds. The van der Waals surface area contributed by atoms with Crippen LogP contribution >= 0.6 is 0 Å². The highest BCUT2D eigenvalue weighted by Crippen LogP contribution is 2.33. The summed E-state index contributed by atoms with van der Waals surface area (Å²) in [5, 5.41) is 4.38. The summed E-state index contributed by atoms with van der Waals surface area (Å²) in [7, 11) is 3.48. The maximum absolute atomic E-state index is 5.96. The molecule has 0 spiro atoms. The highest BCUT2D eigenvalue weighted by Gasteiger charge is 2.16. The number of para-hydroxylation sites is 2. The van der Waals surface area contributed by atoms with Gasteiger partial charge in [-0.05, 0) is 32.0 Å². The Hall–Kier alpha value is -2.01. The summed E-state index contributed by atoms with van der Waals surface area (Å²) < 4.78 is 13.0. The average Bonchev–Trinajstić information content (AvgIpc) is 2.67. The molecule has 1 heterocycles. The van der Waals surface area contributed by atoms with Crippen LogP contribution in [0.5, 0.6) is 17.4 Å². The van der Waals surface area contributed by atoms with Gasteiger partial charge in [0, 0.05) is 12.6 Å². The highest BCUT2D eigenvalue weighted by atomic mass is 16.5. The quantitative estimate of drug-likeness (QED) is 0.894. The van der Waals surface area contributed by atoms with Gasteiger partial charge in [0.2, 0.25) is 5.88 Å². The molecular formula is C14H19N3O2. The van der Waals surface area contributed by atoms with Crippen LogP contribution in [0.1, 0.15) is 11.3 Å². The number of nitrogens with zero attached hydrogens (tertiary/aromatic N) is 2. The highest BCUT2D eigenvalue weighted by molar-refractivity contribution is 5.43. The lowest BCUT2D eigenvalue weighted by atomic mass is 10.2. The third-order valence-corrected chi connectivity index (χ3v) is 2.96. The van der Waals surface area contributed by atoms with Crippen LogP contribution in [-0.4, -0.2) is 23.4 Å². The Balaban J connectivity index is 2.37. The van der Waals surface area contributed by atoms with Crippen molar-refractivity contribution in [2.45, 2.75) is 13.3 Å². The zero-order valence-electron chi connectivity index (χ0n) is 11.5. The Morgan fingerprint density at radius 3 is 2.58 bits per heavy atom. The van der Waals surface area contributed by atoms with Gasteiger partial charge in [-0.2, -0.15) is 5.10 Å². The van der Waals surface area contributed by atoms with Crippen molar-refractivity contribution in [2.24, 2.45) is 12.8 Å². The summed E-state index contributed by atoms with van der Waals surface area (Å²) in [6.45, 7) is 2.52. The molecule has 0 radical (unpaired) electrons. The van der Waals surface area contributed by atoms with Crippen LogP contribution in [0.2, 0.25) is 0 Å². The Morgan fingerprint density at radius 2 is 1.95 bits per heavy atom. The molecule has 1 aromatic heterocycles. The second-order valence-electron chi connectivity index (χ2n) is 4.28. The first-order valence-electron chi connectivity index (χ1n) is 6.20. The molecule has 0 saturated carbocycles. The van der Waals surface area contributed by atoms with E-state index in [1.165, 1.54) is 0 Å². The van der Waals surface area contributed by atoms with Gasteiger partial charge >= 0.3 is 0 Å². The Labute approximate surface area is 112 Å². The molecule has 0 atom stereocenters. The van der Waals surface area contributed by atoms with E-state index in [1.54, 1.807) is 11.8 Å². The van der Waals surface area contributed by atoms with Gasteiger partial charge in [-0.25, -0.2) is 4.68 Å². The fourth-order valence-electron chi connectivity index (χ4n) is 2.05. The number of hydrogen-bond acceptors (Lipinski definition) is 4. The molecule has 0 fully saturated rings. The van der Waals surface area contributed by atoms with Gasteiger partial charge in [0.25, 0.3) is 0 Å². The maximum atomic E-state index is 5.96. The lowest BCUT2D eigenvalue weighted by Gasteiger charge is -2.11. The van der Waals surface area contributed by atoms with Crippen molar-refractivity contribution < 1.29 is 9.47 Å². The van der Waals surface area contributed by atoms with Crippen molar-refractivity contribution in [1.29, 1.82) is 0 Å². The molecule has 0 aliphatic rings. The van der Waals surface area contributed by atoms with Crippen molar-refractivity contribution >= 4 is 0 Å². The fraction of sp³-hybridized carbons (Fsp3) is 0.357. The second kappa shape index (κ2) is 5.75. The first kappa shape index (κ1) is 13.4. The van der Waals surface area contributed by atoms with Crippen LogP contribution in [0, 0.1) is 6.92 Å². The fourth-order valence-corrected chi connectivity index (χ4v) is 2.05. The molecule has 2 rings (SSSR count). The number of aromatic nitrogens is 2. The minimum atomic E-state index is 0.564. The number of aryl methyl sites for hydroxylation is 2. The summed E-state index contributed by atoms with van der Waals surface area (Å²) in [4.78, 5) is 0. The molecule has 0 bridgehead atoms. The summed E-state index contributed by atoms with van der Waals surface area (Å²) in [5.41, 5.74) is 7.62. The van der Waals surface area contributed by atoms with Gasteiger partial charge in [0.1, 0.15) is 0 Å². The van der Waals surface area contributed by atoms with Gasteiger partial charge in [0.05, 0.1) is 12.8 Å². The molecule has 5 heteroatoms. The monoisotopic (exact) mass is 261 g/mol. The second-order valence-corrected chi connectivity index (χ2v) is 4.28. The molecule has 102 valence electrons. The van der Waals surface area contributed by atoms with Gasteiger partial charge in [0.15, 0.2) is 11.5 Å². The Bertz CT molecular complexity index is 564. The molecule has 0 unspecified atom stereocenters. The number of ether oxygens (including phenoxy) is 2. The van der Waals surface area contributed by atoms with Crippen molar-refractivity contribution in [3.05, 3.63) is 35.5 Å². The van der Waals surface area contributed by atoms with Crippen LogP contribution in [0.3, 0.4) is 0 Å². The van der Waals surface area contributed by atoms with E-state index < -0.39 is 0 Å². The first-order valence-corrected chi connectivity index (χ1v) is 6.20. The minimum Gasteiger partial charge on any atom is -0.493 e. The van der Waals surface area contributed by atoms with E-state index in [0.717, 1.165) is 17.7 Å². The van der Waals surface area contributed by atoms with Gasteiger partial charge in [-0.3, -0.25) is 0 Å². The minimum absolute atomic E-state index is 0.564. The number of nitrogens with two attached hydrogens (primary N) is 1. The normalized spacial score (nSPS) is 10.5.